The van der Waals surface area contributed by atoms with E-state index in [1.54, 1.807) is 0 Å². The van der Waals surface area contributed by atoms with Crippen LogP contribution in [0.4, 0.5) is 5.69 Å². The zero-order chi connectivity index (χ0) is 11.5. The van der Waals surface area contributed by atoms with E-state index in [2.05, 4.69) is 17.6 Å². The predicted octanol–water partition coefficient (Wildman–Crippen LogP) is 2.18. The Kier molecular flexibility index (Phi) is 3.13. The number of anilines is 1. The molecule has 3 heteroatoms. The fraction of sp³-hybridized carbons (Fsp3) is 0.462. The summed E-state index contributed by atoms with van der Waals surface area (Å²) in [5.41, 5.74) is 3.16. The van der Waals surface area contributed by atoms with Crippen LogP contribution in [0.2, 0.25) is 0 Å². The van der Waals surface area contributed by atoms with Crippen LogP contribution in [-0.2, 0) is 6.42 Å². The molecule has 86 valence electrons. The van der Waals surface area contributed by atoms with Crippen LogP contribution in [0.1, 0.15) is 36.2 Å². The lowest BCUT2D eigenvalue weighted by Crippen LogP contribution is -2.31. The molecule has 1 unspecified atom stereocenters. The molecule has 0 fully saturated rings. The molecule has 0 spiro atoms. The molecule has 1 aliphatic heterocycles. The van der Waals surface area contributed by atoms with E-state index in [0.29, 0.717) is 0 Å². The molecule has 0 bridgehead atoms. The highest BCUT2D eigenvalue weighted by Crippen LogP contribution is 2.23. The molecule has 0 aromatic heterocycles. The van der Waals surface area contributed by atoms with Gasteiger partial charge in [-0.15, -0.1) is 0 Å². The minimum absolute atomic E-state index is 0.0193. The number of carbonyl (C=O) groups is 1. The zero-order valence-corrected chi connectivity index (χ0v) is 9.84. The van der Waals surface area contributed by atoms with Crippen molar-refractivity contribution in [1.82, 2.24) is 5.32 Å². The summed E-state index contributed by atoms with van der Waals surface area (Å²) < 4.78 is 0. The molecule has 1 aliphatic rings. The third kappa shape index (κ3) is 2.18. The van der Waals surface area contributed by atoms with E-state index in [9.17, 15) is 4.79 Å². The second-order valence-electron chi connectivity index (χ2n) is 4.33. The van der Waals surface area contributed by atoms with Crippen LogP contribution < -0.4 is 10.6 Å². The van der Waals surface area contributed by atoms with Crippen molar-refractivity contribution in [1.29, 1.82) is 0 Å². The van der Waals surface area contributed by atoms with Crippen molar-refractivity contribution in [2.45, 2.75) is 32.7 Å². The average Bonchev–Trinajstić information content (AvgIpc) is 2.75. The van der Waals surface area contributed by atoms with Gasteiger partial charge in [-0.25, -0.2) is 0 Å². The number of fused-ring (bicyclic) bond motifs is 1. The molecule has 1 atom stereocenters. The Labute approximate surface area is 96.2 Å². The van der Waals surface area contributed by atoms with Gasteiger partial charge in [0.05, 0.1) is 0 Å². The first-order valence-corrected chi connectivity index (χ1v) is 5.88. The van der Waals surface area contributed by atoms with Gasteiger partial charge < -0.3 is 10.6 Å². The molecular weight excluding hydrogens is 200 g/mol. The van der Waals surface area contributed by atoms with Crippen molar-refractivity contribution >= 4 is 11.6 Å². The van der Waals surface area contributed by atoms with E-state index in [-0.39, 0.29) is 11.9 Å². The van der Waals surface area contributed by atoms with E-state index in [1.807, 2.05) is 25.1 Å². The minimum atomic E-state index is 0.0193. The van der Waals surface area contributed by atoms with E-state index in [1.165, 1.54) is 5.56 Å². The van der Waals surface area contributed by atoms with Gasteiger partial charge in [0.15, 0.2) is 0 Å². The Morgan fingerprint density at radius 2 is 2.38 bits per heavy atom. The van der Waals surface area contributed by atoms with Crippen LogP contribution in [0.15, 0.2) is 18.2 Å². The molecule has 3 nitrogen and oxygen atoms in total. The summed E-state index contributed by atoms with van der Waals surface area (Å²) in [6.07, 6.45) is 2.01. The summed E-state index contributed by atoms with van der Waals surface area (Å²) in [6, 6.07) is 6.12. The Bertz CT molecular complexity index is 401. The van der Waals surface area contributed by atoms with Crippen molar-refractivity contribution in [2.24, 2.45) is 0 Å². The van der Waals surface area contributed by atoms with Gasteiger partial charge in [-0.2, -0.15) is 0 Å². The molecule has 0 aliphatic carbocycles. The van der Waals surface area contributed by atoms with Gasteiger partial charge in [-0.05, 0) is 37.5 Å². The maximum Gasteiger partial charge on any atom is 0.251 e. The van der Waals surface area contributed by atoms with Crippen LogP contribution in [0.5, 0.6) is 0 Å². The van der Waals surface area contributed by atoms with Crippen molar-refractivity contribution < 1.29 is 4.79 Å². The Hall–Kier alpha value is -1.51. The molecule has 1 aromatic carbocycles. The molecule has 2 N–H and O–H groups in total. The van der Waals surface area contributed by atoms with Crippen molar-refractivity contribution in [3.05, 3.63) is 29.3 Å². The standard InChI is InChI=1S/C13H18N2O/c1-3-9(2)15-13(16)11-5-4-10-6-7-14-12(10)8-11/h4-5,8-9,14H,3,6-7H2,1-2H3,(H,15,16). The van der Waals surface area contributed by atoms with Gasteiger partial charge in [0.2, 0.25) is 0 Å². The average molecular weight is 218 g/mol. The topological polar surface area (TPSA) is 41.1 Å². The largest absolute Gasteiger partial charge is 0.384 e. The first-order valence-electron chi connectivity index (χ1n) is 5.88. The highest BCUT2D eigenvalue weighted by atomic mass is 16.1. The van der Waals surface area contributed by atoms with Gasteiger partial charge in [-0.3, -0.25) is 4.79 Å². The number of hydrogen-bond acceptors (Lipinski definition) is 2. The Morgan fingerprint density at radius 3 is 3.12 bits per heavy atom. The van der Waals surface area contributed by atoms with Crippen LogP contribution in [0, 0.1) is 0 Å². The van der Waals surface area contributed by atoms with Crippen molar-refractivity contribution in [3.8, 4) is 0 Å². The number of hydrogen-bond donors (Lipinski definition) is 2. The lowest BCUT2D eigenvalue weighted by Gasteiger charge is -2.12. The quantitative estimate of drug-likeness (QED) is 0.816. The number of carbonyl (C=O) groups excluding carboxylic acids is 1. The van der Waals surface area contributed by atoms with E-state index in [4.69, 9.17) is 0 Å². The summed E-state index contributed by atoms with van der Waals surface area (Å²) in [7, 11) is 0. The SMILES string of the molecule is CCC(C)NC(=O)c1ccc2c(c1)NCC2. The van der Waals surface area contributed by atoms with E-state index >= 15 is 0 Å². The highest BCUT2D eigenvalue weighted by molar-refractivity contribution is 5.95. The van der Waals surface area contributed by atoms with Crippen LogP contribution in [0.3, 0.4) is 0 Å². The normalized spacial score (nSPS) is 15.1. The Morgan fingerprint density at radius 1 is 1.56 bits per heavy atom. The second kappa shape index (κ2) is 4.56. The van der Waals surface area contributed by atoms with E-state index < -0.39 is 0 Å². The molecule has 1 heterocycles. The summed E-state index contributed by atoms with van der Waals surface area (Å²) >= 11 is 0. The van der Waals surface area contributed by atoms with E-state index in [0.717, 1.165) is 30.6 Å². The predicted molar refractivity (Wildman–Crippen MR) is 65.9 cm³/mol. The van der Waals surface area contributed by atoms with Crippen molar-refractivity contribution in [2.75, 3.05) is 11.9 Å². The first-order chi connectivity index (χ1) is 7.70. The number of amides is 1. The molecule has 0 saturated heterocycles. The fourth-order valence-electron chi connectivity index (χ4n) is 1.84. The first kappa shape index (κ1) is 11.0. The smallest absolute Gasteiger partial charge is 0.251 e. The van der Waals surface area contributed by atoms with Gasteiger partial charge in [0.1, 0.15) is 0 Å². The zero-order valence-electron chi connectivity index (χ0n) is 9.84. The molecule has 2 rings (SSSR count). The lowest BCUT2D eigenvalue weighted by molar-refractivity contribution is 0.0939. The maximum absolute atomic E-state index is 11.9. The summed E-state index contributed by atoms with van der Waals surface area (Å²) in [6.45, 7) is 5.06. The highest BCUT2D eigenvalue weighted by Gasteiger charge is 2.14. The number of nitrogens with one attached hydrogen (secondary N) is 2. The summed E-state index contributed by atoms with van der Waals surface area (Å²) in [5.74, 6) is 0.0193. The van der Waals surface area contributed by atoms with Gasteiger partial charge in [0.25, 0.3) is 5.91 Å². The molecule has 0 saturated carbocycles. The number of benzene rings is 1. The monoisotopic (exact) mass is 218 g/mol. The van der Waals surface area contributed by atoms with Crippen LogP contribution in [-0.4, -0.2) is 18.5 Å². The fourth-order valence-corrected chi connectivity index (χ4v) is 1.84. The lowest BCUT2D eigenvalue weighted by atomic mass is 10.1. The third-order valence-corrected chi connectivity index (χ3v) is 3.07. The maximum atomic E-state index is 11.9. The molecule has 16 heavy (non-hydrogen) atoms. The molecule has 1 aromatic rings. The van der Waals surface area contributed by atoms with Crippen molar-refractivity contribution in [3.63, 3.8) is 0 Å². The van der Waals surface area contributed by atoms with Gasteiger partial charge in [-0.1, -0.05) is 13.0 Å². The second-order valence-corrected chi connectivity index (χ2v) is 4.33. The minimum Gasteiger partial charge on any atom is -0.384 e. The summed E-state index contributed by atoms with van der Waals surface area (Å²) in [4.78, 5) is 11.9. The number of rotatable bonds is 3. The van der Waals surface area contributed by atoms with Crippen LogP contribution in [0.25, 0.3) is 0 Å². The Balaban J connectivity index is 2.12. The van der Waals surface area contributed by atoms with Gasteiger partial charge >= 0.3 is 0 Å². The molecule has 1 amide bonds. The molecule has 0 radical (unpaired) electrons. The molecular formula is C13H18N2O. The van der Waals surface area contributed by atoms with Crippen LogP contribution >= 0.6 is 0 Å². The summed E-state index contributed by atoms with van der Waals surface area (Å²) in [5, 5.41) is 6.25. The van der Waals surface area contributed by atoms with Gasteiger partial charge in [0, 0.05) is 23.8 Å². The third-order valence-electron chi connectivity index (χ3n) is 3.07.